The van der Waals surface area contributed by atoms with Crippen LogP contribution in [0.15, 0.2) is 215 Å². The van der Waals surface area contributed by atoms with E-state index in [0.717, 1.165) is 106 Å². The van der Waals surface area contributed by atoms with Gasteiger partial charge in [0.1, 0.15) is 34.5 Å². The predicted octanol–water partition coefficient (Wildman–Crippen LogP) is 14.6. The van der Waals surface area contributed by atoms with Gasteiger partial charge in [-0.05, 0) is 71.7 Å². The summed E-state index contributed by atoms with van der Waals surface area (Å²) in [5.41, 5.74) is 14.5. The molecule has 6 aromatic carbocycles. The van der Waals surface area contributed by atoms with E-state index >= 15 is 0 Å². The molecule has 66 heavy (non-hydrogen) atoms. The summed E-state index contributed by atoms with van der Waals surface area (Å²) in [4.78, 5) is 15.2. The van der Waals surface area contributed by atoms with Gasteiger partial charge in [-0.25, -0.2) is 15.0 Å². The topological polar surface area (TPSA) is 70.3 Å². The van der Waals surface area contributed by atoms with Crippen molar-refractivity contribution in [2.45, 2.75) is 44.6 Å². The van der Waals surface area contributed by atoms with Crippen molar-refractivity contribution in [3.05, 3.63) is 221 Å². The first-order valence-electron chi connectivity index (χ1n) is 23.3. The first kappa shape index (κ1) is 38.6. The molecule has 4 heterocycles. The molecule has 3 atom stereocenters. The second kappa shape index (κ2) is 16.0. The lowest BCUT2D eigenvalue weighted by Crippen LogP contribution is -2.24. The summed E-state index contributed by atoms with van der Waals surface area (Å²) < 4.78 is 19.9. The highest BCUT2D eigenvalue weighted by Gasteiger charge is 2.37. The number of para-hydroxylation sites is 2. The van der Waals surface area contributed by atoms with Gasteiger partial charge in [0, 0.05) is 68.8 Å². The summed E-state index contributed by atoms with van der Waals surface area (Å²) in [5.74, 6) is 5.41. The molecule has 0 spiro atoms. The Labute approximate surface area is 383 Å². The molecule has 8 aromatic rings. The molecular weight excluding hydrogens is 811 g/mol. The Balaban J connectivity index is 0.782. The number of ether oxygens (including phenoxy) is 2. The number of hydrogen-bond acceptors (Lipinski definition) is 6. The summed E-state index contributed by atoms with van der Waals surface area (Å²) in [6, 6.07) is 50.4. The second-order valence-electron chi connectivity index (χ2n) is 17.9. The molecule has 0 amide bonds. The van der Waals surface area contributed by atoms with Crippen molar-refractivity contribution in [1.29, 1.82) is 0 Å². The Morgan fingerprint density at radius 2 is 1.33 bits per heavy atom. The summed E-state index contributed by atoms with van der Waals surface area (Å²) in [5, 5.41) is 2.31. The van der Waals surface area contributed by atoms with Gasteiger partial charge in [-0.15, -0.1) is 0 Å². The molecular formula is C60H45N3O3. The van der Waals surface area contributed by atoms with Crippen molar-refractivity contribution >= 4 is 27.5 Å². The lowest BCUT2D eigenvalue weighted by molar-refractivity contribution is 0.258. The van der Waals surface area contributed by atoms with Crippen LogP contribution in [0.25, 0.3) is 72.8 Å². The van der Waals surface area contributed by atoms with Gasteiger partial charge in [-0.2, -0.15) is 0 Å². The van der Waals surface area contributed by atoms with Gasteiger partial charge < -0.3 is 13.9 Å². The molecule has 2 aromatic heterocycles. The summed E-state index contributed by atoms with van der Waals surface area (Å²) in [6.45, 7) is 0. The number of aromatic nitrogens is 3. The van der Waals surface area contributed by atoms with Crippen LogP contribution in [0.3, 0.4) is 0 Å². The van der Waals surface area contributed by atoms with Crippen molar-refractivity contribution in [3.8, 4) is 51.0 Å². The third-order valence-corrected chi connectivity index (χ3v) is 14.0. The number of hydrogen-bond donors (Lipinski definition) is 0. The van der Waals surface area contributed by atoms with Crippen LogP contribution in [0.2, 0.25) is 0 Å². The van der Waals surface area contributed by atoms with Gasteiger partial charge in [0.05, 0.1) is 0 Å². The maximum absolute atomic E-state index is 6.85. The van der Waals surface area contributed by atoms with Crippen molar-refractivity contribution in [2.75, 3.05) is 0 Å². The van der Waals surface area contributed by atoms with Crippen molar-refractivity contribution in [3.63, 3.8) is 0 Å². The molecule has 318 valence electrons. The molecule has 5 aliphatic rings. The van der Waals surface area contributed by atoms with E-state index in [1.165, 1.54) is 33.4 Å². The number of fused-ring (bicyclic) bond motifs is 7. The van der Waals surface area contributed by atoms with E-state index in [9.17, 15) is 0 Å². The van der Waals surface area contributed by atoms with Crippen LogP contribution in [0.4, 0.5) is 0 Å². The minimum atomic E-state index is -0.0682. The zero-order valence-corrected chi connectivity index (χ0v) is 36.4. The van der Waals surface area contributed by atoms with E-state index in [-0.39, 0.29) is 17.9 Å². The minimum Gasteiger partial charge on any atom is -0.485 e. The molecule has 0 radical (unpaired) electrons. The average Bonchev–Trinajstić information content (AvgIpc) is 3.96. The van der Waals surface area contributed by atoms with Gasteiger partial charge in [-0.1, -0.05) is 164 Å². The molecule has 0 fully saturated rings. The number of aryl methyl sites for hydroxylation is 1. The standard InChI is InChI=1S/C60H45N3O3/c1-3-13-39(14-4-1)58-61-59(40-15-5-2-6-16-40)63-60(62-58)49-21-12-24-54-56(49)50-35-41(31-34-53(50)64-54)42-30-33-47-44(45-17-7-9-22-51(45)65-55(47)36-42)32-27-37-25-28-38(29-26-37)43-19-11-20-48-46-18-8-10-23-52(46)66-57(43)48/h1-8,10-21,23-26,28-29,31,33,35-36,42,44,53H,9,22,27,30,32,34H2. The smallest absolute Gasteiger partial charge is 0.164 e. The molecule has 2 aliphatic heterocycles. The van der Waals surface area contributed by atoms with Crippen LogP contribution in [-0.4, -0.2) is 21.1 Å². The van der Waals surface area contributed by atoms with E-state index in [1.807, 2.05) is 78.9 Å². The van der Waals surface area contributed by atoms with Crippen molar-refractivity contribution < 1.29 is 13.9 Å². The fourth-order valence-corrected chi connectivity index (χ4v) is 10.7. The van der Waals surface area contributed by atoms with Crippen LogP contribution >= 0.6 is 0 Å². The van der Waals surface area contributed by atoms with Gasteiger partial charge >= 0.3 is 0 Å². The molecule has 0 saturated heterocycles. The first-order valence-corrected chi connectivity index (χ1v) is 23.3. The number of rotatable bonds is 8. The maximum Gasteiger partial charge on any atom is 0.164 e. The fraction of sp³-hybridized carbons (Fsp3) is 0.150. The Bertz CT molecular complexity index is 3370. The largest absolute Gasteiger partial charge is 0.485 e. The number of benzene rings is 6. The van der Waals surface area contributed by atoms with E-state index in [4.69, 9.17) is 28.8 Å². The monoisotopic (exact) mass is 855 g/mol. The summed E-state index contributed by atoms with van der Waals surface area (Å²) >= 11 is 0. The van der Waals surface area contributed by atoms with E-state index in [0.29, 0.717) is 17.5 Å². The fourth-order valence-electron chi connectivity index (χ4n) is 10.7. The Kier molecular flexibility index (Phi) is 9.36. The maximum atomic E-state index is 6.85. The Morgan fingerprint density at radius 3 is 2.15 bits per heavy atom. The predicted molar refractivity (Wildman–Crippen MR) is 263 cm³/mol. The minimum absolute atomic E-state index is 0.0682. The highest BCUT2D eigenvalue weighted by atomic mass is 16.5. The molecule has 3 unspecified atom stereocenters. The lowest BCUT2D eigenvalue weighted by Gasteiger charge is -2.36. The Morgan fingerprint density at radius 1 is 0.606 bits per heavy atom. The van der Waals surface area contributed by atoms with Crippen LogP contribution in [-0.2, 0) is 11.2 Å². The normalized spacial score (nSPS) is 19.4. The number of furan rings is 1. The quantitative estimate of drug-likeness (QED) is 0.152. The Hall–Kier alpha value is -7.83. The zero-order chi connectivity index (χ0) is 43.6. The lowest BCUT2D eigenvalue weighted by atomic mass is 9.75. The highest BCUT2D eigenvalue weighted by molar-refractivity contribution is 6.09. The van der Waals surface area contributed by atoms with Crippen LogP contribution < -0.4 is 4.74 Å². The summed E-state index contributed by atoms with van der Waals surface area (Å²) in [7, 11) is 0. The molecule has 6 nitrogen and oxygen atoms in total. The zero-order valence-electron chi connectivity index (χ0n) is 36.4. The molecule has 0 bridgehead atoms. The molecule has 0 N–H and O–H groups in total. The van der Waals surface area contributed by atoms with Crippen molar-refractivity contribution in [2.24, 2.45) is 11.8 Å². The van der Waals surface area contributed by atoms with Crippen LogP contribution in [0.1, 0.15) is 43.2 Å². The molecule has 13 rings (SSSR count). The van der Waals surface area contributed by atoms with Gasteiger partial charge in [0.15, 0.2) is 17.5 Å². The molecule has 6 heteroatoms. The highest BCUT2D eigenvalue weighted by Crippen LogP contribution is 2.50. The SMILES string of the molecule is C1=CC2=C(CC1)OC1=CC(C3=CCC4Oc5cccc(-c6nc(-c7ccccc7)nc(-c7ccccc7)n6)c5C4=C3)CC=C1C2CCc1ccc(-c2cccc3c2oc2ccccc23)cc1. The number of allylic oxidation sites excluding steroid dienone is 9. The van der Waals surface area contributed by atoms with E-state index in [1.54, 1.807) is 0 Å². The first-order chi connectivity index (χ1) is 32.7. The molecule has 3 aliphatic carbocycles. The van der Waals surface area contributed by atoms with Crippen LogP contribution in [0.5, 0.6) is 5.75 Å². The van der Waals surface area contributed by atoms with Gasteiger partial charge in [0.2, 0.25) is 0 Å². The van der Waals surface area contributed by atoms with Gasteiger partial charge in [-0.3, -0.25) is 0 Å². The second-order valence-corrected chi connectivity index (χ2v) is 17.9. The van der Waals surface area contributed by atoms with Crippen LogP contribution in [0, 0.1) is 11.8 Å². The molecule has 0 saturated carbocycles. The summed E-state index contributed by atoms with van der Waals surface area (Å²) in [6.07, 6.45) is 19.8. The van der Waals surface area contributed by atoms with Gasteiger partial charge in [0.25, 0.3) is 0 Å². The third-order valence-electron chi connectivity index (χ3n) is 14.0. The number of nitrogens with zero attached hydrogens (tertiary/aromatic N) is 3. The third kappa shape index (κ3) is 6.75. The van der Waals surface area contributed by atoms with Crippen molar-refractivity contribution in [1.82, 2.24) is 15.0 Å². The van der Waals surface area contributed by atoms with E-state index < -0.39 is 0 Å². The van der Waals surface area contributed by atoms with E-state index in [2.05, 4.69) is 103 Å². The average molecular weight is 856 g/mol.